The van der Waals surface area contributed by atoms with Crippen molar-refractivity contribution in [3.8, 4) is 0 Å². The van der Waals surface area contributed by atoms with Gasteiger partial charge in [0.2, 0.25) is 5.91 Å². The third-order valence-corrected chi connectivity index (χ3v) is 8.85. The maximum absolute atomic E-state index is 14.7. The molecule has 1 fully saturated rings. The Morgan fingerprint density at radius 3 is 2.34 bits per heavy atom. The molecule has 4 aromatic carbocycles. The molecule has 3 heterocycles. The Balaban J connectivity index is 1.53. The van der Waals surface area contributed by atoms with Crippen LogP contribution in [-0.4, -0.2) is 29.6 Å². The topological polar surface area (TPSA) is 66.5 Å². The van der Waals surface area contributed by atoms with Gasteiger partial charge in [-0.05, 0) is 84.8 Å². The highest BCUT2D eigenvalue weighted by molar-refractivity contribution is 6.30. The number of ketones is 2. The Morgan fingerprint density at radius 2 is 1.59 bits per heavy atom. The summed E-state index contributed by atoms with van der Waals surface area (Å²) in [6, 6.07) is 23.4. The van der Waals surface area contributed by atoms with Crippen molar-refractivity contribution >= 4 is 46.5 Å². The lowest BCUT2D eigenvalue weighted by atomic mass is 9.64. The molecule has 0 saturated carbocycles. The quantitative estimate of drug-likeness (QED) is 0.283. The van der Waals surface area contributed by atoms with E-state index >= 15 is 0 Å². The van der Waals surface area contributed by atoms with Gasteiger partial charge in [-0.3, -0.25) is 14.4 Å². The van der Waals surface area contributed by atoms with E-state index in [1.54, 1.807) is 24.3 Å². The van der Waals surface area contributed by atoms with Gasteiger partial charge in [0.25, 0.3) is 0 Å². The highest BCUT2D eigenvalue weighted by atomic mass is 35.5. The number of nitrogens with one attached hydrogen (secondary N) is 1. The number of para-hydroxylation sites is 1. The second-order valence-electron chi connectivity index (χ2n) is 10.8. The van der Waals surface area contributed by atoms with Crippen LogP contribution in [0.15, 0.2) is 97.1 Å². The van der Waals surface area contributed by atoms with Crippen molar-refractivity contribution in [1.82, 2.24) is 0 Å². The fourth-order valence-corrected chi connectivity index (χ4v) is 7.00. The third-order valence-electron chi connectivity index (χ3n) is 8.60. The summed E-state index contributed by atoms with van der Waals surface area (Å²) in [6.07, 6.45) is 3.90. The summed E-state index contributed by atoms with van der Waals surface area (Å²) < 4.78 is 13.9. The first-order valence-corrected chi connectivity index (χ1v) is 13.8. The SMILES string of the molecule is Cc1ccc2c(c1)C=C[C@@H]1N2[C@H](C(=O)c2ccc(Cl)cc2)[C@@H](C(=O)c2ccc(F)cc2)[C@]12C(=O)Nc1ccccc12. The molecule has 7 rings (SSSR count). The zero-order valence-corrected chi connectivity index (χ0v) is 22.7. The van der Waals surface area contributed by atoms with Crippen LogP contribution < -0.4 is 10.2 Å². The molecule has 7 heteroatoms. The second-order valence-corrected chi connectivity index (χ2v) is 11.2. The Labute approximate surface area is 241 Å². The number of anilines is 2. The summed E-state index contributed by atoms with van der Waals surface area (Å²) in [5, 5.41) is 3.49. The van der Waals surface area contributed by atoms with Crippen molar-refractivity contribution in [1.29, 1.82) is 0 Å². The number of fused-ring (bicyclic) bond motifs is 6. The summed E-state index contributed by atoms with van der Waals surface area (Å²) in [4.78, 5) is 45.5. The Bertz CT molecular complexity index is 1780. The molecule has 4 atom stereocenters. The normalized spacial score (nSPS) is 23.6. The van der Waals surface area contributed by atoms with Gasteiger partial charge in [0.05, 0.1) is 12.0 Å². The Hall–Kier alpha value is -4.55. The highest BCUT2D eigenvalue weighted by Gasteiger charge is 2.70. The number of carbonyl (C=O) groups excluding carboxylic acids is 3. The first kappa shape index (κ1) is 25.4. The summed E-state index contributed by atoms with van der Waals surface area (Å²) in [7, 11) is 0. The predicted molar refractivity (Wildman–Crippen MR) is 157 cm³/mol. The molecule has 5 nitrogen and oxygen atoms in total. The van der Waals surface area contributed by atoms with Gasteiger partial charge in [-0.15, -0.1) is 0 Å². The van der Waals surface area contributed by atoms with Crippen molar-refractivity contribution in [2.24, 2.45) is 5.92 Å². The van der Waals surface area contributed by atoms with Crippen molar-refractivity contribution in [2.45, 2.75) is 24.4 Å². The first-order chi connectivity index (χ1) is 19.8. The fourth-order valence-electron chi connectivity index (χ4n) is 6.88. The van der Waals surface area contributed by atoms with E-state index in [1.165, 1.54) is 24.3 Å². The van der Waals surface area contributed by atoms with E-state index in [4.69, 9.17) is 11.6 Å². The maximum Gasteiger partial charge on any atom is 0.238 e. The second kappa shape index (κ2) is 9.25. The van der Waals surface area contributed by atoms with E-state index in [0.717, 1.165) is 16.8 Å². The zero-order chi connectivity index (χ0) is 28.5. The number of Topliss-reactive ketones (excluding diaryl/α,β-unsaturated/α-hetero) is 2. The van der Waals surface area contributed by atoms with E-state index in [-0.39, 0.29) is 17.3 Å². The van der Waals surface area contributed by atoms with Crippen molar-refractivity contribution in [2.75, 3.05) is 10.2 Å². The minimum Gasteiger partial charge on any atom is -0.352 e. The minimum absolute atomic E-state index is 0.231. The minimum atomic E-state index is -1.42. The monoisotopic (exact) mass is 562 g/mol. The molecule has 3 aliphatic heterocycles. The van der Waals surface area contributed by atoms with E-state index < -0.39 is 35.0 Å². The molecule has 41 heavy (non-hydrogen) atoms. The van der Waals surface area contributed by atoms with Gasteiger partial charge in [-0.2, -0.15) is 0 Å². The van der Waals surface area contributed by atoms with Gasteiger partial charge in [0, 0.05) is 27.5 Å². The van der Waals surface area contributed by atoms with Crippen LogP contribution in [0.3, 0.4) is 0 Å². The molecular formula is C34H24ClFN2O3. The van der Waals surface area contributed by atoms with Crippen LogP contribution in [-0.2, 0) is 10.2 Å². The molecule has 1 spiro atoms. The molecule has 0 bridgehead atoms. The van der Waals surface area contributed by atoms with E-state index in [1.807, 2.05) is 66.4 Å². The van der Waals surface area contributed by atoms with E-state index in [0.29, 0.717) is 21.8 Å². The number of hydrogen-bond donors (Lipinski definition) is 1. The Kier molecular flexibility index (Phi) is 5.73. The molecule has 4 aromatic rings. The molecule has 1 amide bonds. The molecule has 0 radical (unpaired) electrons. The van der Waals surface area contributed by atoms with Crippen molar-refractivity contribution < 1.29 is 18.8 Å². The predicted octanol–water partition coefficient (Wildman–Crippen LogP) is 6.64. The van der Waals surface area contributed by atoms with Gasteiger partial charge in [0.1, 0.15) is 17.3 Å². The maximum atomic E-state index is 14.7. The van der Waals surface area contributed by atoms with Crippen LogP contribution in [0.2, 0.25) is 5.02 Å². The number of carbonyl (C=O) groups is 3. The lowest BCUT2D eigenvalue weighted by Gasteiger charge is -2.37. The summed E-state index contributed by atoms with van der Waals surface area (Å²) in [5.74, 6) is -2.66. The number of amides is 1. The van der Waals surface area contributed by atoms with Gasteiger partial charge >= 0.3 is 0 Å². The van der Waals surface area contributed by atoms with Gasteiger partial charge in [-0.1, -0.05) is 53.6 Å². The smallest absolute Gasteiger partial charge is 0.238 e. The molecule has 0 aliphatic carbocycles. The van der Waals surface area contributed by atoms with Crippen LogP contribution in [0.25, 0.3) is 6.08 Å². The fraction of sp³-hybridized carbons (Fsp3) is 0.147. The number of nitrogens with zero attached hydrogens (tertiary/aromatic N) is 1. The summed E-state index contributed by atoms with van der Waals surface area (Å²) in [5.41, 5.74) is 3.16. The molecule has 1 saturated heterocycles. The van der Waals surface area contributed by atoms with Crippen LogP contribution in [0.4, 0.5) is 15.8 Å². The standard InChI is InChI=1S/C34H24ClFN2O3/c1-19-6-16-27-22(18-19)11-17-28-34(25-4-2-3-5-26(25)37-33(34)41)29(31(39)20-9-14-24(36)15-10-20)30(38(27)28)32(40)21-7-12-23(35)13-8-21/h2-18,28-30H,1H3,(H,37,41)/t28-,29-,30-,34+/m0/s1. The van der Waals surface area contributed by atoms with Crippen LogP contribution >= 0.6 is 11.6 Å². The van der Waals surface area contributed by atoms with Gasteiger partial charge in [0.15, 0.2) is 11.6 Å². The average Bonchev–Trinajstić information content (AvgIpc) is 3.45. The van der Waals surface area contributed by atoms with E-state index in [9.17, 15) is 18.8 Å². The van der Waals surface area contributed by atoms with Gasteiger partial charge in [-0.25, -0.2) is 4.39 Å². The van der Waals surface area contributed by atoms with Crippen LogP contribution in [0.5, 0.6) is 0 Å². The lowest BCUT2D eigenvalue weighted by Crippen LogP contribution is -2.51. The molecular weight excluding hydrogens is 539 g/mol. The summed E-state index contributed by atoms with van der Waals surface area (Å²) >= 11 is 6.15. The molecule has 0 aromatic heterocycles. The number of rotatable bonds is 4. The van der Waals surface area contributed by atoms with Crippen LogP contribution in [0, 0.1) is 18.7 Å². The number of aryl methyl sites for hydroxylation is 1. The number of hydrogen-bond acceptors (Lipinski definition) is 4. The van der Waals surface area contributed by atoms with E-state index in [2.05, 4.69) is 5.32 Å². The molecule has 0 unspecified atom stereocenters. The molecule has 1 N–H and O–H groups in total. The highest BCUT2D eigenvalue weighted by Crippen LogP contribution is 2.58. The zero-order valence-electron chi connectivity index (χ0n) is 22.0. The molecule has 202 valence electrons. The number of halogens is 2. The van der Waals surface area contributed by atoms with Crippen molar-refractivity contribution in [3.63, 3.8) is 0 Å². The first-order valence-electron chi connectivity index (χ1n) is 13.4. The van der Waals surface area contributed by atoms with Gasteiger partial charge < -0.3 is 10.2 Å². The summed E-state index contributed by atoms with van der Waals surface area (Å²) in [6.45, 7) is 1.99. The largest absolute Gasteiger partial charge is 0.352 e. The van der Waals surface area contributed by atoms with Crippen LogP contribution in [0.1, 0.15) is 37.4 Å². The number of benzene rings is 4. The lowest BCUT2D eigenvalue weighted by molar-refractivity contribution is -0.121. The molecule has 3 aliphatic rings. The third kappa shape index (κ3) is 3.64. The average molecular weight is 563 g/mol. The Morgan fingerprint density at radius 1 is 0.902 bits per heavy atom. The van der Waals surface area contributed by atoms with Crippen molar-refractivity contribution in [3.05, 3.63) is 136 Å².